The predicted molar refractivity (Wildman–Crippen MR) is 84.4 cm³/mol. The number of likely N-dealkylation sites (tertiary alicyclic amines) is 1. The highest BCUT2D eigenvalue weighted by Gasteiger charge is 2.30. The molecule has 0 aliphatic carbocycles. The minimum absolute atomic E-state index is 0.0168. The van der Waals surface area contributed by atoms with Crippen LogP contribution in [0.4, 0.5) is 4.39 Å². The number of halogens is 1. The summed E-state index contributed by atoms with van der Waals surface area (Å²) in [6.45, 7) is 0.842. The molecule has 0 radical (unpaired) electrons. The molecule has 124 valence electrons. The van der Waals surface area contributed by atoms with Crippen LogP contribution in [-0.4, -0.2) is 42.1 Å². The van der Waals surface area contributed by atoms with Gasteiger partial charge >= 0.3 is 0 Å². The van der Waals surface area contributed by atoms with Crippen molar-refractivity contribution < 1.29 is 9.18 Å². The summed E-state index contributed by atoms with van der Waals surface area (Å²) in [5.74, 6) is 0.388. The van der Waals surface area contributed by atoms with Gasteiger partial charge in [0.15, 0.2) is 0 Å². The van der Waals surface area contributed by atoms with Gasteiger partial charge < -0.3 is 9.88 Å². The van der Waals surface area contributed by atoms with Gasteiger partial charge in [0.05, 0.1) is 17.1 Å². The Kier molecular flexibility index (Phi) is 3.72. The molecule has 1 amide bonds. The van der Waals surface area contributed by atoms with Crippen molar-refractivity contribution in [1.82, 2.24) is 29.6 Å². The average molecular weight is 328 g/mol. The lowest BCUT2D eigenvalue weighted by Crippen LogP contribution is -2.40. The van der Waals surface area contributed by atoms with Crippen molar-refractivity contribution in [2.45, 2.75) is 31.8 Å². The lowest BCUT2D eigenvalue weighted by Gasteiger charge is -2.34. The van der Waals surface area contributed by atoms with Crippen LogP contribution < -0.4 is 0 Å². The molecule has 3 heterocycles. The normalized spacial score (nSPS) is 18.2. The second-order valence-corrected chi connectivity index (χ2v) is 5.98. The smallest absolute Gasteiger partial charge is 0.244 e. The summed E-state index contributed by atoms with van der Waals surface area (Å²) < 4.78 is 14.9. The second kappa shape index (κ2) is 6.03. The van der Waals surface area contributed by atoms with Crippen LogP contribution in [0.5, 0.6) is 0 Å². The monoisotopic (exact) mass is 328 g/mol. The summed E-state index contributed by atoms with van der Waals surface area (Å²) in [4.78, 5) is 26.1. The van der Waals surface area contributed by atoms with E-state index in [1.165, 1.54) is 29.5 Å². The van der Waals surface area contributed by atoms with Gasteiger partial charge in [-0.2, -0.15) is 5.10 Å². The molecule has 24 heavy (non-hydrogen) atoms. The molecule has 2 aromatic heterocycles. The Morgan fingerprint density at radius 3 is 3.12 bits per heavy atom. The van der Waals surface area contributed by atoms with Crippen LogP contribution in [0.25, 0.3) is 11.0 Å². The zero-order valence-electron chi connectivity index (χ0n) is 13.0. The molecule has 3 aromatic rings. The highest BCUT2D eigenvalue weighted by Crippen LogP contribution is 2.30. The Balaban J connectivity index is 1.61. The third-order valence-electron chi connectivity index (χ3n) is 4.36. The first-order valence-electron chi connectivity index (χ1n) is 7.98. The molecule has 1 aromatic carbocycles. The molecule has 1 aliphatic rings. The molecule has 0 spiro atoms. The van der Waals surface area contributed by atoms with E-state index in [9.17, 15) is 9.18 Å². The van der Waals surface area contributed by atoms with Crippen molar-refractivity contribution in [1.29, 1.82) is 0 Å². The maximum absolute atomic E-state index is 13.4. The van der Waals surface area contributed by atoms with E-state index in [0.29, 0.717) is 23.4 Å². The fourth-order valence-corrected chi connectivity index (χ4v) is 3.22. The molecule has 1 fully saturated rings. The lowest BCUT2D eigenvalue weighted by molar-refractivity contribution is -0.136. The van der Waals surface area contributed by atoms with E-state index in [1.807, 2.05) is 4.90 Å². The van der Waals surface area contributed by atoms with Crippen molar-refractivity contribution in [2.24, 2.45) is 0 Å². The molecular formula is C16H17FN6O. The number of piperidine rings is 1. The van der Waals surface area contributed by atoms with Crippen molar-refractivity contribution in [2.75, 3.05) is 6.54 Å². The number of carbonyl (C=O) groups excluding carboxylic acids is 1. The Bertz CT molecular complexity index is 859. The summed E-state index contributed by atoms with van der Waals surface area (Å²) in [7, 11) is 0. The van der Waals surface area contributed by atoms with E-state index in [0.717, 1.165) is 19.3 Å². The van der Waals surface area contributed by atoms with Gasteiger partial charge in [-0.3, -0.25) is 4.79 Å². The molecule has 0 saturated carbocycles. The first-order chi connectivity index (χ1) is 11.7. The first-order valence-corrected chi connectivity index (χ1v) is 7.98. The number of aromatic amines is 1. The zero-order chi connectivity index (χ0) is 16.5. The molecule has 0 unspecified atom stereocenters. The lowest BCUT2D eigenvalue weighted by atomic mass is 10.0. The third kappa shape index (κ3) is 2.75. The van der Waals surface area contributed by atoms with Gasteiger partial charge in [0.1, 0.15) is 30.8 Å². The molecule has 1 saturated heterocycles. The van der Waals surface area contributed by atoms with E-state index in [2.05, 4.69) is 20.1 Å². The average Bonchev–Trinajstić information content (AvgIpc) is 3.23. The van der Waals surface area contributed by atoms with Crippen LogP contribution in [-0.2, 0) is 11.3 Å². The molecule has 1 atom stereocenters. The maximum Gasteiger partial charge on any atom is 0.244 e. The number of fused-ring (bicyclic) bond motifs is 1. The topological polar surface area (TPSA) is 79.7 Å². The number of nitrogens with one attached hydrogen (secondary N) is 1. The van der Waals surface area contributed by atoms with Crippen LogP contribution in [0.2, 0.25) is 0 Å². The van der Waals surface area contributed by atoms with Crippen LogP contribution in [0.15, 0.2) is 30.9 Å². The zero-order valence-corrected chi connectivity index (χ0v) is 13.0. The van der Waals surface area contributed by atoms with E-state index in [1.54, 1.807) is 6.07 Å². The summed E-state index contributed by atoms with van der Waals surface area (Å²) in [6, 6.07) is 4.34. The van der Waals surface area contributed by atoms with Gasteiger partial charge in [-0.15, -0.1) is 0 Å². The third-order valence-corrected chi connectivity index (χ3v) is 4.36. The van der Waals surface area contributed by atoms with Crippen LogP contribution in [0.1, 0.15) is 31.1 Å². The Morgan fingerprint density at radius 1 is 1.38 bits per heavy atom. The summed E-state index contributed by atoms with van der Waals surface area (Å²) in [6.07, 6.45) is 5.78. The minimum Gasteiger partial charge on any atom is -0.340 e. The van der Waals surface area contributed by atoms with Gasteiger partial charge in [-0.05, 0) is 37.5 Å². The Hall–Kier alpha value is -2.77. The molecule has 1 N–H and O–H groups in total. The van der Waals surface area contributed by atoms with Crippen molar-refractivity contribution in [3.05, 3.63) is 42.5 Å². The number of H-pyrrole nitrogens is 1. The molecule has 7 nitrogen and oxygen atoms in total. The fourth-order valence-electron chi connectivity index (χ4n) is 3.22. The number of hydrogen-bond donors (Lipinski definition) is 1. The van der Waals surface area contributed by atoms with Crippen molar-refractivity contribution in [3.63, 3.8) is 0 Å². The van der Waals surface area contributed by atoms with Gasteiger partial charge in [0.2, 0.25) is 5.91 Å². The molecule has 0 bridgehead atoms. The molecular weight excluding hydrogens is 311 g/mol. The standard InChI is InChI=1S/C16H17FN6O/c17-11-4-5-12-13(7-11)21-16(20-12)14-3-1-2-6-23(14)15(24)8-22-10-18-9-19-22/h4-5,7,9-10,14H,1-3,6,8H2,(H,20,21)/t14-/m0/s1. The number of hydrogen-bond acceptors (Lipinski definition) is 4. The van der Waals surface area contributed by atoms with Crippen LogP contribution in [0.3, 0.4) is 0 Å². The first kappa shape index (κ1) is 14.8. The highest BCUT2D eigenvalue weighted by atomic mass is 19.1. The number of aromatic nitrogens is 5. The summed E-state index contributed by atoms with van der Waals surface area (Å²) in [5, 5.41) is 3.99. The number of carbonyl (C=O) groups is 1. The predicted octanol–water partition coefficient (Wildman–Crippen LogP) is 2.05. The van der Waals surface area contributed by atoms with Crippen LogP contribution >= 0.6 is 0 Å². The molecule has 1 aliphatic heterocycles. The quantitative estimate of drug-likeness (QED) is 0.798. The van der Waals surface area contributed by atoms with Crippen molar-refractivity contribution >= 4 is 16.9 Å². The van der Waals surface area contributed by atoms with E-state index >= 15 is 0 Å². The van der Waals surface area contributed by atoms with Gasteiger partial charge in [-0.25, -0.2) is 19.0 Å². The Labute approximate surface area is 137 Å². The molecule has 4 rings (SSSR count). The summed E-state index contributed by atoms with van der Waals surface area (Å²) in [5.41, 5.74) is 1.36. The SMILES string of the molecule is O=C(Cn1cncn1)N1CCCC[C@H]1c1nc2ccc(F)cc2[nH]1. The maximum atomic E-state index is 13.4. The number of rotatable bonds is 3. The van der Waals surface area contributed by atoms with E-state index in [-0.39, 0.29) is 24.3 Å². The summed E-state index contributed by atoms with van der Waals surface area (Å²) >= 11 is 0. The van der Waals surface area contributed by atoms with E-state index < -0.39 is 0 Å². The Morgan fingerprint density at radius 2 is 2.29 bits per heavy atom. The molecule has 8 heteroatoms. The van der Waals surface area contributed by atoms with Gasteiger partial charge in [0.25, 0.3) is 0 Å². The van der Waals surface area contributed by atoms with Gasteiger partial charge in [0, 0.05) is 6.54 Å². The minimum atomic E-state index is -0.305. The van der Waals surface area contributed by atoms with E-state index in [4.69, 9.17) is 0 Å². The number of benzene rings is 1. The highest BCUT2D eigenvalue weighted by molar-refractivity contribution is 5.77. The number of nitrogens with zero attached hydrogens (tertiary/aromatic N) is 5. The largest absolute Gasteiger partial charge is 0.340 e. The number of amides is 1. The number of imidazole rings is 1. The fraction of sp³-hybridized carbons (Fsp3) is 0.375. The van der Waals surface area contributed by atoms with Crippen molar-refractivity contribution in [3.8, 4) is 0 Å². The van der Waals surface area contributed by atoms with Crippen LogP contribution in [0, 0.1) is 5.82 Å². The second-order valence-electron chi connectivity index (χ2n) is 5.98. The van der Waals surface area contributed by atoms with Gasteiger partial charge in [-0.1, -0.05) is 0 Å².